The van der Waals surface area contributed by atoms with E-state index in [0.717, 1.165) is 30.1 Å². The minimum atomic E-state index is -0.232. The van der Waals surface area contributed by atoms with Crippen molar-refractivity contribution < 1.29 is 4.39 Å². The molecule has 0 aliphatic carbocycles. The van der Waals surface area contributed by atoms with Crippen LogP contribution in [0.3, 0.4) is 0 Å². The molecule has 0 amide bonds. The Morgan fingerprint density at radius 1 is 1.46 bits per heavy atom. The molecule has 1 aliphatic heterocycles. The Bertz CT molecular complexity index is 475. The van der Waals surface area contributed by atoms with Gasteiger partial charge in [-0.2, -0.15) is 0 Å². The number of hydrogen-bond acceptors (Lipinski definition) is 2. The van der Waals surface area contributed by atoms with Crippen LogP contribution in [0.4, 0.5) is 10.3 Å². The average molecular weight is 177 g/mol. The predicted molar refractivity (Wildman–Crippen MR) is 48.2 cm³/mol. The number of anilines is 1. The van der Waals surface area contributed by atoms with E-state index >= 15 is 0 Å². The molecule has 1 N–H and O–H groups in total. The van der Waals surface area contributed by atoms with Crippen molar-refractivity contribution in [1.29, 1.82) is 0 Å². The largest absolute Gasteiger partial charge is 0.354 e. The molecule has 1 aliphatic rings. The monoisotopic (exact) mass is 177 g/mol. The quantitative estimate of drug-likeness (QED) is 0.662. The lowest BCUT2D eigenvalue weighted by Gasteiger charge is -1.95. The molecule has 0 radical (unpaired) electrons. The van der Waals surface area contributed by atoms with Crippen LogP contribution in [0, 0.1) is 5.82 Å². The zero-order valence-corrected chi connectivity index (χ0v) is 6.92. The fourth-order valence-corrected chi connectivity index (χ4v) is 1.74. The molecule has 1 aromatic heterocycles. The van der Waals surface area contributed by atoms with Gasteiger partial charge in [0.15, 0.2) is 0 Å². The second-order valence-electron chi connectivity index (χ2n) is 3.15. The van der Waals surface area contributed by atoms with E-state index in [1.807, 2.05) is 0 Å². The standard InChI is InChI=1S/C9H8FN3/c10-6-1-2-8-7(5-6)12-9-11-3-4-13(8)9/h1-2,5H,3-4H2,(H,11,12). The summed E-state index contributed by atoms with van der Waals surface area (Å²) in [6.45, 7) is 1.83. The van der Waals surface area contributed by atoms with Gasteiger partial charge in [-0.25, -0.2) is 9.37 Å². The topological polar surface area (TPSA) is 29.9 Å². The maximum atomic E-state index is 12.8. The highest BCUT2D eigenvalue weighted by Crippen LogP contribution is 2.23. The number of aromatic nitrogens is 2. The van der Waals surface area contributed by atoms with Crippen molar-refractivity contribution >= 4 is 17.0 Å². The Morgan fingerprint density at radius 3 is 3.31 bits per heavy atom. The van der Waals surface area contributed by atoms with Crippen LogP contribution in [0.5, 0.6) is 0 Å². The Morgan fingerprint density at radius 2 is 2.38 bits per heavy atom. The van der Waals surface area contributed by atoms with Crippen molar-refractivity contribution in [2.24, 2.45) is 0 Å². The Balaban J connectivity index is 2.38. The van der Waals surface area contributed by atoms with Crippen molar-refractivity contribution in [3.05, 3.63) is 24.0 Å². The third-order valence-corrected chi connectivity index (χ3v) is 2.33. The number of rotatable bonds is 0. The molecule has 0 spiro atoms. The summed E-state index contributed by atoms with van der Waals surface area (Å²) >= 11 is 0. The molecule has 0 saturated heterocycles. The van der Waals surface area contributed by atoms with Crippen LogP contribution < -0.4 is 5.32 Å². The molecule has 0 saturated carbocycles. The van der Waals surface area contributed by atoms with E-state index in [1.54, 1.807) is 6.07 Å². The summed E-state index contributed by atoms with van der Waals surface area (Å²) in [5.41, 5.74) is 1.73. The molecule has 13 heavy (non-hydrogen) atoms. The maximum Gasteiger partial charge on any atom is 0.204 e. The number of hydrogen-bond donors (Lipinski definition) is 1. The average Bonchev–Trinajstić information content (AvgIpc) is 2.62. The molecule has 2 heterocycles. The number of imidazole rings is 1. The van der Waals surface area contributed by atoms with Gasteiger partial charge in [-0.15, -0.1) is 0 Å². The number of fused-ring (bicyclic) bond motifs is 3. The van der Waals surface area contributed by atoms with E-state index in [0.29, 0.717) is 0 Å². The second kappa shape index (κ2) is 2.22. The number of halogens is 1. The molecular formula is C9H8FN3. The first-order chi connectivity index (χ1) is 6.34. The summed E-state index contributed by atoms with van der Waals surface area (Å²) in [6, 6.07) is 4.70. The molecule has 4 heteroatoms. The molecule has 66 valence electrons. The zero-order chi connectivity index (χ0) is 8.84. The SMILES string of the molecule is Fc1ccc2c(c1)nc1n2CCN1. The van der Waals surface area contributed by atoms with Crippen LogP contribution in [0.2, 0.25) is 0 Å². The molecule has 0 bridgehead atoms. The van der Waals surface area contributed by atoms with E-state index < -0.39 is 0 Å². The lowest BCUT2D eigenvalue weighted by atomic mass is 10.3. The minimum Gasteiger partial charge on any atom is -0.354 e. The lowest BCUT2D eigenvalue weighted by molar-refractivity contribution is 0.629. The fraction of sp³-hybridized carbons (Fsp3) is 0.222. The molecule has 3 nitrogen and oxygen atoms in total. The zero-order valence-electron chi connectivity index (χ0n) is 6.92. The van der Waals surface area contributed by atoms with Crippen LogP contribution >= 0.6 is 0 Å². The number of nitrogens with one attached hydrogen (secondary N) is 1. The summed E-state index contributed by atoms with van der Waals surface area (Å²) in [6.07, 6.45) is 0. The van der Waals surface area contributed by atoms with Crippen LogP contribution in [-0.2, 0) is 6.54 Å². The molecule has 0 fully saturated rings. The first-order valence-corrected chi connectivity index (χ1v) is 4.24. The van der Waals surface area contributed by atoms with E-state index in [1.165, 1.54) is 12.1 Å². The van der Waals surface area contributed by atoms with E-state index in [2.05, 4.69) is 14.9 Å². The maximum absolute atomic E-state index is 12.8. The molecule has 1 aromatic carbocycles. The van der Waals surface area contributed by atoms with Crippen molar-refractivity contribution in [2.45, 2.75) is 6.54 Å². The smallest absolute Gasteiger partial charge is 0.204 e. The van der Waals surface area contributed by atoms with Gasteiger partial charge in [-0.05, 0) is 12.1 Å². The van der Waals surface area contributed by atoms with Crippen molar-refractivity contribution in [2.75, 3.05) is 11.9 Å². The molecular weight excluding hydrogens is 169 g/mol. The predicted octanol–water partition coefficient (Wildman–Crippen LogP) is 1.60. The van der Waals surface area contributed by atoms with E-state index in [-0.39, 0.29) is 5.82 Å². The number of nitrogens with zero attached hydrogens (tertiary/aromatic N) is 2. The Labute approximate surface area is 74.2 Å². The fourth-order valence-electron chi connectivity index (χ4n) is 1.74. The third kappa shape index (κ3) is 0.854. The van der Waals surface area contributed by atoms with Gasteiger partial charge in [0.1, 0.15) is 5.82 Å². The molecule has 0 atom stereocenters. The van der Waals surface area contributed by atoms with Gasteiger partial charge in [0.2, 0.25) is 5.95 Å². The van der Waals surface area contributed by atoms with Gasteiger partial charge in [0.25, 0.3) is 0 Å². The van der Waals surface area contributed by atoms with E-state index in [4.69, 9.17) is 0 Å². The first-order valence-electron chi connectivity index (χ1n) is 4.24. The summed E-state index contributed by atoms with van der Waals surface area (Å²) in [5.74, 6) is 0.616. The summed E-state index contributed by atoms with van der Waals surface area (Å²) < 4.78 is 14.9. The van der Waals surface area contributed by atoms with Gasteiger partial charge in [0.05, 0.1) is 11.0 Å². The summed E-state index contributed by atoms with van der Waals surface area (Å²) in [7, 11) is 0. The third-order valence-electron chi connectivity index (χ3n) is 2.33. The van der Waals surface area contributed by atoms with Gasteiger partial charge in [-0.1, -0.05) is 0 Å². The first kappa shape index (κ1) is 6.88. The van der Waals surface area contributed by atoms with Crippen molar-refractivity contribution in [1.82, 2.24) is 9.55 Å². The van der Waals surface area contributed by atoms with Gasteiger partial charge >= 0.3 is 0 Å². The van der Waals surface area contributed by atoms with Crippen molar-refractivity contribution in [3.8, 4) is 0 Å². The second-order valence-corrected chi connectivity index (χ2v) is 3.15. The van der Waals surface area contributed by atoms with Gasteiger partial charge < -0.3 is 9.88 Å². The number of benzene rings is 1. The van der Waals surface area contributed by atoms with Crippen LogP contribution in [0.25, 0.3) is 11.0 Å². The van der Waals surface area contributed by atoms with Gasteiger partial charge in [0, 0.05) is 19.2 Å². The van der Waals surface area contributed by atoms with Crippen LogP contribution in [0.15, 0.2) is 18.2 Å². The highest BCUT2D eigenvalue weighted by molar-refractivity contribution is 5.79. The lowest BCUT2D eigenvalue weighted by Crippen LogP contribution is -1.94. The molecule has 3 rings (SSSR count). The highest BCUT2D eigenvalue weighted by atomic mass is 19.1. The Kier molecular flexibility index (Phi) is 1.17. The molecule has 2 aromatic rings. The van der Waals surface area contributed by atoms with Crippen LogP contribution in [0.1, 0.15) is 0 Å². The molecule has 0 unspecified atom stereocenters. The summed E-state index contributed by atoms with van der Waals surface area (Å²) in [5, 5.41) is 3.14. The Hall–Kier alpha value is -1.58. The minimum absolute atomic E-state index is 0.232. The van der Waals surface area contributed by atoms with E-state index in [9.17, 15) is 4.39 Å². The summed E-state index contributed by atoms with van der Waals surface area (Å²) in [4.78, 5) is 4.27. The highest BCUT2D eigenvalue weighted by Gasteiger charge is 2.14. The van der Waals surface area contributed by atoms with Gasteiger partial charge in [-0.3, -0.25) is 0 Å². The normalized spacial score (nSPS) is 14.5. The van der Waals surface area contributed by atoms with Crippen molar-refractivity contribution in [3.63, 3.8) is 0 Å². The van der Waals surface area contributed by atoms with Crippen LogP contribution in [-0.4, -0.2) is 16.1 Å².